The molecule has 2 aromatic rings. The Kier molecular flexibility index (Phi) is 6.73. The Hall–Kier alpha value is -2.62. The lowest BCUT2D eigenvalue weighted by atomic mass is 10.2. The zero-order valence-corrected chi connectivity index (χ0v) is 17.0. The number of hydrazone groups is 1. The number of hydrogen-bond donors (Lipinski definition) is 2. The molecule has 9 heteroatoms. The number of carbonyl (C=O) groups excluding carboxylic acids is 1. The van der Waals surface area contributed by atoms with Crippen LogP contribution >= 0.6 is 0 Å². The SMILES string of the molecule is Cc1ccc(S(=O)(=O)N2CC[NH+](CC(=O)NN=Cc3ccc(F)cc3)CC2)cc1. The van der Waals surface area contributed by atoms with Crippen LogP contribution in [0.2, 0.25) is 0 Å². The van der Waals surface area contributed by atoms with Crippen LogP contribution in [-0.2, 0) is 14.8 Å². The van der Waals surface area contributed by atoms with Crippen molar-refractivity contribution in [1.82, 2.24) is 9.73 Å². The summed E-state index contributed by atoms with van der Waals surface area (Å²) < 4.78 is 39.8. The minimum atomic E-state index is -3.51. The van der Waals surface area contributed by atoms with E-state index >= 15 is 0 Å². The zero-order chi connectivity index (χ0) is 20.9. The Balaban J connectivity index is 1.47. The number of rotatable bonds is 6. The first-order valence-corrected chi connectivity index (χ1v) is 10.8. The third-order valence-corrected chi connectivity index (χ3v) is 6.68. The van der Waals surface area contributed by atoms with Crippen molar-refractivity contribution < 1.29 is 22.5 Å². The maximum Gasteiger partial charge on any atom is 0.295 e. The fourth-order valence-electron chi connectivity index (χ4n) is 3.07. The number of amides is 1. The Morgan fingerprint density at radius 1 is 1.14 bits per heavy atom. The van der Waals surface area contributed by atoms with E-state index in [1.807, 2.05) is 6.92 Å². The summed E-state index contributed by atoms with van der Waals surface area (Å²) >= 11 is 0. The average molecular weight is 420 g/mol. The minimum absolute atomic E-state index is 0.208. The van der Waals surface area contributed by atoms with Crippen molar-refractivity contribution >= 4 is 22.1 Å². The fraction of sp³-hybridized carbons (Fsp3) is 0.300. The van der Waals surface area contributed by atoms with Crippen molar-refractivity contribution in [2.45, 2.75) is 11.8 Å². The summed E-state index contributed by atoms with van der Waals surface area (Å²) in [6.45, 7) is 3.92. The van der Waals surface area contributed by atoms with Gasteiger partial charge < -0.3 is 4.90 Å². The standard InChI is InChI=1S/C20H23FN4O3S/c1-16-2-8-19(9-3-16)29(27,28)25-12-10-24(11-13-25)15-20(26)23-22-14-17-4-6-18(21)7-5-17/h2-9,14H,10-13,15H2,1H3,(H,23,26)/p+1. The van der Waals surface area contributed by atoms with Crippen LogP contribution in [0.15, 0.2) is 58.5 Å². The zero-order valence-electron chi connectivity index (χ0n) is 16.1. The highest BCUT2D eigenvalue weighted by molar-refractivity contribution is 7.89. The van der Waals surface area contributed by atoms with Crippen LogP contribution in [0.5, 0.6) is 0 Å². The van der Waals surface area contributed by atoms with Gasteiger partial charge >= 0.3 is 0 Å². The van der Waals surface area contributed by atoms with E-state index < -0.39 is 10.0 Å². The molecule has 0 unspecified atom stereocenters. The third kappa shape index (κ3) is 5.69. The molecule has 0 bridgehead atoms. The topological polar surface area (TPSA) is 83.3 Å². The van der Waals surface area contributed by atoms with Gasteiger partial charge in [0.25, 0.3) is 5.91 Å². The van der Waals surface area contributed by atoms with Gasteiger partial charge in [-0.2, -0.15) is 9.41 Å². The van der Waals surface area contributed by atoms with E-state index in [0.717, 1.165) is 10.5 Å². The van der Waals surface area contributed by atoms with Gasteiger partial charge in [0.15, 0.2) is 6.54 Å². The molecule has 0 saturated carbocycles. The van der Waals surface area contributed by atoms with Gasteiger partial charge in [-0.15, -0.1) is 0 Å². The number of hydrogen-bond acceptors (Lipinski definition) is 4. The van der Waals surface area contributed by atoms with Gasteiger partial charge in [0.1, 0.15) is 5.82 Å². The van der Waals surface area contributed by atoms with Gasteiger partial charge in [-0.05, 0) is 36.8 Å². The summed E-state index contributed by atoms with van der Waals surface area (Å²) in [5.74, 6) is -0.591. The third-order valence-electron chi connectivity index (χ3n) is 4.77. The first kappa shape index (κ1) is 21.1. The normalized spacial score (nSPS) is 16.2. The molecule has 1 amide bonds. The van der Waals surface area contributed by atoms with Crippen LogP contribution < -0.4 is 10.3 Å². The Morgan fingerprint density at radius 3 is 2.38 bits per heavy atom. The Labute approximate surface area is 169 Å². The van der Waals surface area contributed by atoms with Crippen molar-refractivity contribution in [3.8, 4) is 0 Å². The smallest absolute Gasteiger partial charge is 0.295 e. The van der Waals surface area contributed by atoms with Crippen molar-refractivity contribution in [2.24, 2.45) is 5.10 Å². The highest BCUT2D eigenvalue weighted by atomic mass is 32.2. The molecule has 0 radical (unpaired) electrons. The Morgan fingerprint density at radius 2 is 1.76 bits per heavy atom. The molecule has 2 N–H and O–H groups in total. The van der Waals surface area contributed by atoms with E-state index in [-0.39, 0.29) is 18.3 Å². The molecule has 1 fully saturated rings. The molecule has 1 saturated heterocycles. The van der Waals surface area contributed by atoms with Gasteiger partial charge in [-0.3, -0.25) is 4.79 Å². The highest BCUT2D eigenvalue weighted by Crippen LogP contribution is 2.16. The van der Waals surface area contributed by atoms with E-state index in [2.05, 4.69) is 10.5 Å². The first-order valence-electron chi connectivity index (χ1n) is 9.32. The quantitative estimate of drug-likeness (QED) is 0.517. The van der Waals surface area contributed by atoms with Crippen LogP contribution in [0.3, 0.4) is 0 Å². The number of quaternary nitrogens is 1. The molecule has 3 rings (SSSR count). The molecule has 7 nitrogen and oxygen atoms in total. The van der Waals surface area contributed by atoms with E-state index in [1.165, 1.54) is 22.7 Å². The molecular formula is C20H24FN4O3S+. The molecule has 1 aliphatic heterocycles. The lowest BCUT2D eigenvalue weighted by Crippen LogP contribution is -3.15. The van der Waals surface area contributed by atoms with Crippen molar-refractivity contribution in [3.63, 3.8) is 0 Å². The second-order valence-corrected chi connectivity index (χ2v) is 8.93. The molecule has 1 aliphatic rings. The number of nitrogens with zero attached hydrogens (tertiary/aromatic N) is 2. The second kappa shape index (κ2) is 9.25. The number of aryl methyl sites for hydroxylation is 1. The van der Waals surface area contributed by atoms with E-state index in [0.29, 0.717) is 36.6 Å². The molecule has 0 aliphatic carbocycles. The molecule has 2 aromatic carbocycles. The molecule has 29 heavy (non-hydrogen) atoms. The molecule has 0 aromatic heterocycles. The van der Waals surface area contributed by atoms with Gasteiger partial charge in [-0.25, -0.2) is 18.2 Å². The summed E-state index contributed by atoms with van der Waals surface area (Å²) in [6, 6.07) is 12.6. The van der Waals surface area contributed by atoms with Gasteiger partial charge in [0.2, 0.25) is 10.0 Å². The van der Waals surface area contributed by atoms with Gasteiger partial charge in [0, 0.05) is 0 Å². The maximum absolute atomic E-state index is 12.9. The number of nitrogens with one attached hydrogen (secondary N) is 2. The summed E-state index contributed by atoms with van der Waals surface area (Å²) in [7, 11) is -3.51. The molecular weight excluding hydrogens is 395 g/mol. The van der Waals surface area contributed by atoms with Gasteiger partial charge in [0.05, 0.1) is 37.3 Å². The minimum Gasteiger partial charge on any atom is -0.325 e. The van der Waals surface area contributed by atoms with E-state index in [9.17, 15) is 17.6 Å². The molecule has 0 spiro atoms. The predicted molar refractivity (Wildman–Crippen MR) is 108 cm³/mol. The van der Waals surface area contributed by atoms with Crippen LogP contribution in [0.1, 0.15) is 11.1 Å². The van der Waals surface area contributed by atoms with Crippen LogP contribution in [-0.4, -0.2) is 57.6 Å². The number of benzene rings is 2. The summed E-state index contributed by atoms with van der Waals surface area (Å²) in [5, 5.41) is 3.87. The lowest BCUT2D eigenvalue weighted by molar-refractivity contribution is -0.895. The first-order chi connectivity index (χ1) is 13.8. The predicted octanol–water partition coefficient (Wildman–Crippen LogP) is 0.174. The number of carbonyl (C=O) groups is 1. The molecule has 154 valence electrons. The van der Waals surface area contributed by atoms with Crippen molar-refractivity contribution in [3.05, 3.63) is 65.5 Å². The second-order valence-electron chi connectivity index (χ2n) is 6.99. The summed E-state index contributed by atoms with van der Waals surface area (Å²) in [5.41, 5.74) is 4.13. The monoisotopic (exact) mass is 419 g/mol. The van der Waals surface area contributed by atoms with Crippen LogP contribution in [0.4, 0.5) is 4.39 Å². The van der Waals surface area contributed by atoms with Crippen molar-refractivity contribution in [2.75, 3.05) is 32.7 Å². The molecule has 0 atom stereocenters. The molecule has 1 heterocycles. The van der Waals surface area contributed by atoms with Gasteiger partial charge in [-0.1, -0.05) is 29.8 Å². The Bertz CT molecular complexity index is 968. The summed E-state index contributed by atoms with van der Waals surface area (Å²) in [4.78, 5) is 13.3. The largest absolute Gasteiger partial charge is 0.325 e. The highest BCUT2D eigenvalue weighted by Gasteiger charge is 2.31. The number of halogens is 1. The summed E-state index contributed by atoms with van der Waals surface area (Å²) in [6.07, 6.45) is 1.44. The number of piperazine rings is 1. The van der Waals surface area contributed by atoms with E-state index in [1.54, 1.807) is 36.4 Å². The lowest BCUT2D eigenvalue weighted by Gasteiger charge is -2.31. The van der Waals surface area contributed by atoms with Crippen LogP contribution in [0, 0.1) is 12.7 Å². The van der Waals surface area contributed by atoms with Crippen molar-refractivity contribution in [1.29, 1.82) is 0 Å². The van der Waals surface area contributed by atoms with E-state index in [4.69, 9.17) is 0 Å². The number of sulfonamides is 1. The van der Waals surface area contributed by atoms with Crippen LogP contribution in [0.25, 0.3) is 0 Å². The average Bonchev–Trinajstić information content (AvgIpc) is 2.70. The maximum atomic E-state index is 12.9. The fourth-order valence-corrected chi connectivity index (χ4v) is 4.51.